The van der Waals surface area contributed by atoms with Crippen LogP contribution in [0.15, 0.2) is 18.2 Å². The molecule has 13 heavy (non-hydrogen) atoms. The Morgan fingerprint density at radius 1 is 1.38 bits per heavy atom. The van der Waals surface area contributed by atoms with E-state index in [4.69, 9.17) is 23.2 Å². The van der Waals surface area contributed by atoms with E-state index in [2.05, 4.69) is 0 Å². The van der Waals surface area contributed by atoms with E-state index in [0.717, 1.165) is 29.0 Å². The summed E-state index contributed by atoms with van der Waals surface area (Å²) >= 11 is 11.8. The van der Waals surface area contributed by atoms with Crippen LogP contribution in [0.1, 0.15) is 23.7 Å². The average molecular weight is 217 g/mol. The zero-order chi connectivity index (χ0) is 9.42. The molecular weight excluding hydrogens is 207 g/mol. The van der Waals surface area contributed by atoms with Gasteiger partial charge in [-0.05, 0) is 36.1 Å². The van der Waals surface area contributed by atoms with Gasteiger partial charge < -0.3 is 5.11 Å². The van der Waals surface area contributed by atoms with Crippen molar-refractivity contribution in [1.82, 2.24) is 0 Å². The second-order valence-electron chi connectivity index (χ2n) is 3.34. The predicted octanol–water partition coefficient (Wildman–Crippen LogP) is 2.93. The van der Waals surface area contributed by atoms with Crippen LogP contribution < -0.4 is 0 Å². The smallest absolute Gasteiger partial charge is 0.0956 e. The highest BCUT2D eigenvalue weighted by atomic mass is 35.5. The minimum absolute atomic E-state index is 0.159. The van der Waals surface area contributed by atoms with Gasteiger partial charge in [0, 0.05) is 5.02 Å². The molecule has 1 aromatic rings. The Bertz CT molecular complexity index is 325. The summed E-state index contributed by atoms with van der Waals surface area (Å²) in [6.45, 7) is 0. The van der Waals surface area contributed by atoms with Gasteiger partial charge >= 0.3 is 0 Å². The van der Waals surface area contributed by atoms with Crippen molar-refractivity contribution in [2.45, 2.75) is 24.3 Å². The molecule has 3 heteroatoms. The van der Waals surface area contributed by atoms with Gasteiger partial charge in [0.15, 0.2) is 0 Å². The van der Waals surface area contributed by atoms with Crippen LogP contribution in [0.25, 0.3) is 0 Å². The Hall–Kier alpha value is -0.240. The Kier molecular flexibility index (Phi) is 2.50. The van der Waals surface area contributed by atoms with E-state index in [1.165, 1.54) is 0 Å². The number of hydrogen-bond acceptors (Lipinski definition) is 1. The molecule has 0 saturated heterocycles. The molecule has 0 aliphatic heterocycles. The van der Waals surface area contributed by atoms with E-state index >= 15 is 0 Å². The van der Waals surface area contributed by atoms with Crippen molar-refractivity contribution >= 4 is 23.2 Å². The van der Waals surface area contributed by atoms with Crippen LogP contribution in [0, 0.1) is 0 Å². The summed E-state index contributed by atoms with van der Waals surface area (Å²) < 4.78 is 0. The molecule has 0 aromatic heterocycles. The molecule has 1 aromatic carbocycles. The second-order valence-corrected chi connectivity index (χ2v) is 4.34. The first kappa shape index (κ1) is 9.32. The summed E-state index contributed by atoms with van der Waals surface area (Å²) in [4.78, 5) is 0. The van der Waals surface area contributed by atoms with Gasteiger partial charge in [0.25, 0.3) is 0 Å². The van der Waals surface area contributed by atoms with Gasteiger partial charge in [-0.2, -0.15) is 0 Å². The normalized spacial score (nSPS) is 27.0. The lowest BCUT2D eigenvalue weighted by Crippen LogP contribution is -2.20. The maximum atomic E-state index is 9.75. The first-order valence-electron chi connectivity index (χ1n) is 4.29. The van der Waals surface area contributed by atoms with Gasteiger partial charge in [-0.3, -0.25) is 0 Å². The Labute approximate surface area is 87.3 Å². The molecule has 2 atom stereocenters. The molecule has 2 rings (SSSR count). The average Bonchev–Trinajstić information content (AvgIpc) is 2.12. The molecule has 0 unspecified atom stereocenters. The number of alkyl halides is 1. The minimum Gasteiger partial charge on any atom is -0.387 e. The summed E-state index contributed by atoms with van der Waals surface area (Å²) in [7, 11) is 0. The van der Waals surface area contributed by atoms with Crippen molar-refractivity contribution in [3.8, 4) is 0 Å². The van der Waals surface area contributed by atoms with Gasteiger partial charge in [-0.25, -0.2) is 0 Å². The van der Waals surface area contributed by atoms with Gasteiger partial charge in [-0.15, -0.1) is 11.6 Å². The van der Waals surface area contributed by atoms with Crippen LogP contribution in [0.4, 0.5) is 0 Å². The Morgan fingerprint density at radius 2 is 2.15 bits per heavy atom. The van der Waals surface area contributed by atoms with Crippen molar-refractivity contribution in [3.63, 3.8) is 0 Å². The molecule has 0 bridgehead atoms. The summed E-state index contributed by atoms with van der Waals surface area (Å²) in [5.41, 5.74) is 2.05. The molecule has 0 spiro atoms. The number of halogens is 2. The molecule has 1 aliphatic carbocycles. The number of aryl methyl sites for hydroxylation is 1. The molecule has 0 radical (unpaired) electrons. The van der Waals surface area contributed by atoms with E-state index in [1.54, 1.807) is 6.07 Å². The van der Waals surface area contributed by atoms with Crippen LogP contribution in [0.3, 0.4) is 0 Å². The fraction of sp³-hybridized carbons (Fsp3) is 0.400. The second kappa shape index (κ2) is 3.49. The Balaban J connectivity index is 2.44. The highest BCUT2D eigenvalue weighted by molar-refractivity contribution is 6.30. The van der Waals surface area contributed by atoms with Crippen LogP contribution >= 0.6 is 23.2 Å². The summed E-state index contributed by atoms with van der Waals surface area (Å²) in [5, 5.41) is 10.3. The molecule has 0 heterocycles. The Morgan fingerprint density at radius 3 is 2.92 bits per heavy atom. The summed E-state index contributed by atoms with van der Waals surface area (Å²) in [6.07, 6.45) is 1.18. The van der Waals surface area contributed by atoms with Crippen LogP contribution in [-0.4, -0.2) is 10.5 Å². The number of aliphatic hydroxyl groups is 1. The third kappa shape index (κ3) is 1.69. The first-order chi connectivity index (χ1) is 6.18. The highest BCUT2D eigenvalue weighted by Crippen LogP contribution is 2.34. The lowest BCUT2D eigenvalue weighted by atomic mass is 9.89. The van der Waals surface area contributed by atoms with E-state index in [1.807, 2.05) is 12.1 Å². The maximum absolute atomic E-state index is 9.75. The molecule has 0 fully saturated rings. The molecule has 0 amide bonds. The van der Waals surface area contributed by atoms with Crippen molar-refractivity contribution in [2.75, 3.05) is 0 Å². The van der Waals surface area contributed by atoms with Gasteiger partial charge in [0.1, 0.15) is 0 Å². The molecule has 70 valence electrons. The monoisotopic (exact) mass is 216 g/mol. The van der Waals surface area contributed by atoms with Crippen molar-refractivity contribution in [1.29, 1.82) is 0 Å². The minimum atomic E-state index is -0.539. The van der Waals surface area contributed by atoms with E-state index in [0.29, 0.717) is 0 Å². The topological polar surface area (TPSA) is 20.2 Å². The number of fused-ring (bicyclic) bond motifs is 1. The molecule has 1 nitrogen and oxygen atoms in total. The quantitative estimate of drug-likeness (QED) is 0.662. The molecular formula is C10H10Cl2O. The van der Waals surface area contributed by atoms with Crippen molar-refractivity contribution < 1.29 is 5.11 Å². The third-order valence-electron chi connectivity index (χ3n) is 2.46. The number of rotatable bonds is 0. The maximum Gasteiger partial charge on any atom is 0.0956 e. The number of benzene rings is 1. The van der Waals surface area contributed by atoms with E-state index in [-0.39, 0.29) is 5.38 Å². The summed E-state index contributed by atoms with van der Waals surface area (Å²) in [5.74, 6) is 0. The highest BCUT2D eigenvalue weighted by Gasteiger charge is 2.25. The lowest BCUT2D eigenvalue weighted by Gasteiger charge is -2.25. The molecule has 1 N–H and O–H groups in total. The SMILES string of the molecule is O[C@H]1c2ccc(Cl)cc2CC[C@H]1Cl. The number of hydrogen-bond donors (Lipinski definition) is 1. The van der Waals surface area contributed by atoms with Crippen molar-refractivity contribution in [3.05, 3.63) is 34.3 Å². The zero-order valence-electron chi connectivity index (χ0n) is 7.00. The molecule has 0 saturated carbocycles. The lowest BCUT2D eigenvalue weighted by molar-refractivity contribution is 0.161. The third-order valence-corrected chi connectivity index (χ3v) is 3.15. The van der Waals surface area contributed by atoms with E-state index < -0.39 is 6.10 Å². The van der Waals surface area contributed by atoms with Gasteiger partial charge in [0.05, 0.1) is 11.5 Å². The fourth-order valence-corrected chi connectivity index (χ4v) is 2.16. The van der Waals surface area contributed by atoms with Crippen LogP contribution in [0.2, 0.25) is 5.02 Å². The summed E-state index contributed by atoms with van der Waals surface area (Å²) in [6, 6.07) is 5.55. The van der Waals surface area contributed by atoms with Crippen molar-refractivity contribution in [2.24, 2.45) is 0 Å². The van der Waals surface area contributed by atoms with Gasteiger partial charge in [0.2, 0.25) is 0 Å². The fourth-order valence-electron chi connectivity index (χ4n) is 1.73. The molecule has 1 aliphatic rings. The van der Waals surface area contributed by atoms with Crippen LogP contribution in [-0.2, 0) is 6.42 Å². The van der Waals surface area contributed by atoms with Crippen LogP contribution in [0.5, 0.6) is 0 Å². The number of aliphatic hydroxyl groups excluding tert-OH is 1. The largest absolute Gasteiger partial charge is 0.387 e. The predicted molar refractivity (Wildman–Crippen MR) is 54.4 cm³/mol. The standard InChI is InChI=1S/C10H10Cl2O/c11-7-2-3-8-6(5-7)1-4-9(12)10(8)13/h2-3,5,9-10,13H,1,4H2/t9-,10+/m1/s1. The first-order valence-corrected chi connectivity index (χ1v) is 5.10. The zero-order valence-corrected chi connectivity index (χ0v) is 8.52. The van der Waals surface area contributed by atoms with E-state index in [9.17, 15) is 5.11 Å². The van der Waals surface area contributed by atoms with Gasteiger partial charge in [-0.1, -0.05) is 17.7 Å².